The van der Waals surface area contributed by atoms with E-state index in [1.54, 1.807) is 26.2 Å². The van der Waals surface area contributed by atoms with Crippen LogP contribution < -0.4 is 4.74 Å². The van der Waals surface area contributed by atoms with Crippen LogP contribution in [0.5, 0.6) is 5.75 Å². The Hall–Kier alpha value is -1.97. The van der Waals surface area contributed by atoms with Crippen LogP contribution in [0.4, 0.5) is 0 Å². The van der Waals surface area contributed by atoms with Crippen LogP contribution in [-0.4, -0.2) is 19.7 Å². The van der Waals surface area contributed by atoms with Crippen LogP contribution in [0.2, 0.25) is 10.0 Å². The molecule has 2 aromatic rings. The van der Waals surface area contributed by atoms with E-state index in [2.05, 4.69) is 0 Å². The first-order valence-corrected chi connectivity index (χ1v) is 7.79. The topological polar surface area (TPSA) is 35.5 Å². The molecule has 0 atom stereocenters. The number of hydrogen-bond donors (Lipinski definition) is 0. The zero-order valence-electron chi connectivity index (χ0n) is 12.8. The molecule has 0 saturated carbocycles. The number of carbonyl (C=O) groups is 1. The second-order valence-corrected chi connectivity index (χ2v) is 5.48. The fourth-order valence-electron chi connectivity index (χ4n) is 2.07. The molecule has 0 aromatic heterocycles. The molecule has 0 heterocycles. The fraction of sp³-hybridized carbons (Fsp3) is 0.167. The van der Waals surface area contributed by atoms with E-state index in [0.29, 0.717) is 22.2 Å². The van der Waals surface area contributed by atoms with Gasteiger partial charge >= 0.3 is 5.97 Å². The molecule has 3 nitrogen and oxygen atoms in total. The van der Waals surface area contributed by atoms with Crippen molar-refractivity contribution in [2.24, 2.45) is 0 Å². The minimum absolute atomic E-state index is 0.312. The van der Waals surface area contributed by atoms with E-state index >= 15 is 0 Å². The van der Waals surface area contributed by atoms with Gasteiger partial charge in [0.15, 0.2) is 0 Å². The second-order valence-electron chi connectivity index (χ2n) is 4.67. The molecule has 0 aliphatic rings. The molecule has 120 valence electrons. The number of carbonyl (C=O) groups excluding carboxylic acids is 1. The van der Waals surface area contributed by atoms with E-state index in [1.807, 2.05) is 30.3 Å². The predicted octanol–water partition coefficient (Wildman–Crippen LogP) is 5.00. The van der Waals surface area contributed by atoms with Crippen molar-refractivity contribution in [3.63, 3.8) is 0 Å². The lowest BCUT2D eigenvalue weighted by molar-refractivity contribution is -0.137. The maximum atomic E-state index is 11.9. The lowest BCUT2D eigenvalue weighted by Crippen LogP contribution is -2.02. The van der Waals surface area contributed by atoms with Gasteiger partial charge in [-0.25, -0.2) is 4.79 Å². The lowest BCUT2D eigenvalue weighted by Gasteiger charge is -2.10. The normalized spacial score (nSPS) is 11.2. The summed E-state index contributed by atoms with van der Waals surface area (Å²) in [7, 11) is 1.60. The summed E-state index contributed by atoms with van der Waals surface area (Å²) in [5.41, 5.74) is 2.32. The highest BCUT2D eigenvalue weighted by atomic mass is 35.5. The molecule has 0 amide bonds. The number of hydrogen-bond acceptors (Lipinski definition) is 3. The summed E-state index contributed by atoms with van der Waals surface area (Å²) in [5.74, 6) is 0.322. The highest BCUT2D eigenvalue weighted by molar-refractivity contribution is 6.42. The van der Waals surface area contributed by atoms with Gasteiger partial charge in [-0.05, 0) is 47.9 Å². The van der Waals surface area contributed by atoms with E-state index in [0.717, 1.165) is 16.9 Å². The van der Waals surface area contributed by atoms with Gasteiger partial charge in [0.05, 0.1) is 23.8 Å². The third-order valence-corrected chi connectivity index (χ3v) is 3.92. The number of esters is 1. The minimum Gasteiger partial charge on any atom is -0.497 e. The van der Waals surface area contributed by atoms with Gasteiger partial charge in [-0.15, -0.1) is 0 Å². The largest absolute Gasteiger partial charge is 0.497 e. The number of rotatable bonds is 5. The fourth-order valence-corrected chi connectivity index (χ4v) is 2.37. The third kappa shape index (κ3) is 4.50. The zero-order chi connectivity index (χ0) is 16.8. The number of benzene rings is 2. The highest BCUT2D eigenvalue weighted by Gasteiger charge is 2.11. The second kappa shape index (κ2) is 8.04. The van der Waals surface area contributed by atoms with Gasteiger partial charge in [0.2, 0.25) is 0 Å². The smallest absolute Gasteiger partial charge is 0.331 e. The maximum Gasteiger partial charge on any atom is 0.331 e. The predicted molar refractivity (Wildman–Crippen MR) is 93.2 cm³/mol. The van der Waals surface area contributed by atoms with Gasteiger partial charge in [-0.3, -0.25) is 0 Å². The summed E-state index contributed by atoms with van der Waals surface area (Å²) in [6.07, 6.45) is 1.45. The Kier molecular flexibility index (Phi) is 6.08. The number of ether oxygens (including phenoxy) is 2. The summed E-state index contributed by atoms with van der Waals surface area (Å²) < 4.78 is 10.2. The average molecular weight is 351 g/mol. The third-order valence-electron chi connectivity index (χ3n) is 3.18. The molecule has 0 N–H and O–H groups in total. The SMILES string of the molecule is CCOC(=O)/C=C(/c1ccc(OC)cc1)c1ccc(Cl)c(Cl)c1. The minimum atomic E-state index is -0.413. The maximum absolute atomic E-state index is 11.9. The summed E-state index contributed by atoms with van der Waals surface area (Å²) in [5, 5.41) is 0.882. The highest BCUT2D eigenvalue weighted by Crippen LogP contribution is 2.30. The Morgan fingerprint density at radius 3 is 2.26 bits per heavy atom. The summed E-state index contributed by atoms with van der Waals surface area (Å²) in [6.45, 7) is 2.07. The molecular formula is C18H16Cl2O3. The average Bonchev–Trinajstić information content (AvgIpc) is 2.56. The van der Waals surface area contributed by atoms with Crippen molar-refractivity contribution in [1.29, 1.82) is 0 Å². The van der Waals surface area contributed by atoms with Gasteiger partial charge in [0.1, 0.15) is 5.75 Å². The Labute approximate surface area is 145 Å². The Morgan fingerprint density at radius 2 is 1.70 bits per heavy atom. The first kappa shape index (κ1) is 17.4. The molecule has 2 aromatic carbocycles. The van der Waals surface area contributed by atoms with Crippen LogP contribution in [0, 0.1) is 0 Å². The van der Waals surface area contributed by atoms with Crippen LogP contribution in [-0.2, 0) is 9.53 Å². The first-order chi connectivity index (χ1) is 11.0. The Bertz CT molecular complexity index is 722. The lowest BCUT2D eigenvalue weighted by atomic mass is 9.97. The van der Waals surface area contributed by atoms with Crippen molar-refractivity contribution >= 4 is 34.7 Å². The summed E-state index contributed by atoms with van der Waals surface area (Å²) >= 11 is 12.1. The molecule has 0 unspecified atom stereocenters. The van der Waals surface area contributed by atoms with Crippen LogP contribution >= 0.6 is 23.2 Å². The van der Waals surface area contributed by atoms with Gasteiger partial charge in [0, 0.05) is 6.08 Å². The van der Waals surface area contributed by atoms with Crippen LogP contribution in [0.3, 0.4) is 0 Å². The van der Waals surface area contributed by atoms with Crippen molar-refractivity contribution in [2.45, 2.75) is 6.92 Å². The van der Waals surface area contributed by atoms with E-state index in [-0.39, 0.29) is 0 Å². The first-order valence-electron chi connectivity index (χ1n) is 7.03. The Balaban J connectivity index is 2.50. The quantitative estimate of drug-likeness (QED) is 0.562. The zero-order valence-corrected chi connectivity index (χ0v) is 14.3. The van der Waals surface area contributed by atoms with Gasteiger partial charge in [-0.2, -0.15) is 0 Å². The number of methoxy groups -OCH3 is 1. The van der Waals surface area contributed by atoms with Crippen LogP contribution in [0.15, 0.2) is 48.5 Å². The molecule has 0 fully saturated rings. The molecule has 0 bridgehead atoms. The van der Waals surface area contributed by atoms with Crippen LogP contribution in [0.1, 0.15) is 18.1 Å². The molecular weight excluding hydrogens is 335 g/mol. The molecule has 23 heavy (non-hydrogen) atoms. The molecule has 0 radical (unpaired) electrons. The van der Waals surface area contributed by atoms with E-state index in [1.165, 1.54) is 6.08 Å². The molecule has 0 aliphatic carbocycles. The van der Waals surface area contributed by atoms with Crippen LogP contribution in [0.25, 0.3) is 5.57 Å². The van der Waals surface area contributed by atoms with E-state index in [9.17, 15) is 4.79 Å². The summed E-state index contributed by atoms with van der Waals surface area (Å²) in [4.78, 5) is 11.9. The van der Waals surface area contributed by atoms with Gasteiger partial charge in [0.25, 0.3) is 0 Å². The molecule has 0 saturated heterocycles. The molecule has 5 heteroatoms. The van der Waals surface area contributed by atoms with Gasteiger partial charge in [-0.1, -0.05) is 41.4 Å². The van der Waals surface area contributed by atoms with E-state index in [4.69, 9.17) is 32.7 Å². The van der Waals surface area contributed by atoms with Crippen molar-refractivity contribution in [3.05, 3.63) is 69.7 Å². The van der Waals surface area contributed by atoms with Crippen molar-refractivity contribution in [3.8, 4) is 5.75 Å². The number of halogens is 2. The molecule has 0 aliphatic heterocycles. The van der Waals surface area contributed by atoms with Crippen molar-refractivity contribution in [1.82, 2.24) is 0 Å². The van der Waals surface area contributed by atoms with Crippen molar-refractivity contribution in [2.75, 3.05) is 13.7 Å². The molecule has 2 rings (SSSR count). The monoisotopic (exact) mass is 350 g/mol. The van der Waals surface area contributed by atoms with Gasteiger partial charge < -0.3 is 9.47 Å². The standard InChI is InChI=1S/C18H16Cl2O3/c1-3-23-18(21)11-15(12-4-7-14(22-2)8-5-12)13-6-9-16(19)17(20)10-13/h4-11H,3H2,1-2H3/b15-11-. The summed E-state index contributed by atoms with van der Waals surface area (Å²) in [6, 6.07) is 12.6. The Morgan fingerprint density at radius 1 is 1.04 bits per heavy atom. The van der Waals surface area contributed by atoms with Crippen molar-refractivity contribution < 1.29 is 14.3 Å². The molecule has 0 spiro atoms. The van der Waals surface area contributed by atoms with E-state index < -0.39 is 5.97 Å².